The van der Waals surface area contributed by atoms with Crippen molar-refractivity contribution < 1.29 is 9.32 Å². The third kappa shape index (κ3) is 5.82. The second-order valence-corrected chi connectivity index (χ2v) is 5.15. The minimum atomic E-state index is -0.00250. The number of unbranched alkanes of at least 4 members (excludes halogenated alkanes) is 1. The second-order valence-electron chi connectivity index (χ2n) is 4.37. The highest BCUT2D eigenvalue weighted by Gasteiger charge is 2.10. The van der Waals surface area contributed by atoms with Crippen LogP contribution in [0.1, 0.15) is 25.2 Å². The highest BCUT2D eigenvalue weighted by Crippen LogP contribution is 2.18. The molecule has 0 spiro atoms. The maximum atomic E-state index is 11.6. The highest BCUT2D eigenvalue weighted by molar-refractivity contribution is 7.08. The van der Waals surface area contributed by atoms with Gasteiger partial charge in [-0.2, -0.15) is 16.3 Å². The SMILES string of the molecule is Cl.NCCCCNC(=O)CCc1nc(-c2ccsc2)no1. The molecular weight excluding hydrogens is 312 g/mol. The molecule has 8 heteroatoms. The quantitative estimate of drug-likeness (QED) is 0.722. The van der Waals surface area contributed by atoms with Gasteiger partial charge in [-0.1, -0.05) is 5.16 Å². The smallest absolute Gasteiger partial charge is 0.227 e. The van der Waals surface area contributed by atoms with Gasteiger partial charge < -0.3 is 15.6 Å². The summed E-state index contributed by atoms with van der Waals surface area (Å²) in [6.07, 6.45) is 2.65. The molecule has 2 aromatic rings. The molecule has 0 unspecified atom stereocenters. The fourth-order valence-corrected chi connectivity index (χ4v) is 2.31. The molecule has 0 atom stereocenters. The minimum Gasteiger partial charge on any atom is -0.356 e. The monoisotopic (exact) mass is 330 g/mol. The summed E-state index contributed by atoms with van der Waals surface area (Å²) in [5.74, 6) is 1.06. The van der Waals surface area contributed by atoms with E-state index in [2.05, 4.69) is 15.5 Å². The number of nitrogens with zero attached hydrogens (tertiary/aromatic N) is 2. The molecule has 0 radical (unpaired) electrons. The Bertz CT molecular complexity index is 530. The summed E-state index contributed by atoms with van der Waals surface area (Å²) in [6, 6.07) is 1.93. The summed E-state index contributed by atoms with van der Waals surface area (Å²) in [5.41, 5.74) is 6.32. The van der Waals surface area contributed by atoms with E-state index in [0.29, 0.717) is 37.6 Å². The van der Waals surface area contributed by atoms with Gasteiger partial charge in [0, 0.05) is 30.3 Å². The molecule has 0 fully saturated rings. The molecule has 0 saturated carbocycles. The van der Waals surface area contributed by atoms with Crippen molar-refractivity contribution in [1.29, 1.82) is 0 Å². The van der Waals surface area contributed by atoms with E-state index >= 15 is 0 Å². The van der Waals surface area contributed by atoms with Crippen LogP contribution in [-0.4, -0.2) is 29.1 Å². The number of amides is 1. The van der Waals surface area contributed by atoms with Gasteiger partial charge in [0.25, 0.3) is 0 Å². The van der Waals surface area contributed by atoms with Gasteiger partial charge in [0.05, 0.1) is 0 Å². The Hall–Kier alpha value is -1.44. The van der Waals surface area contributed by atoms with Crippen LogP contribution in [0.4, 0.5) is 0 Å². The molecule has 0 saturated heterocycles. The number of carbonyl (C=O) groups is 1. The van der Waals surface area contributed by atoms with Gasteiger partial charge in [-0.05, 0) is 30.8 Å². The predicted molar refractivity (Wildman–Crippen MR) is 84.5 cm³/mol. The molecule has 6 nitrogen and oxygen atoms in total. The number of hydrogen-bond donors (Lipinski definition) is 2. The van der Waals surface area contributed by atoms with Crippen molar-refractivity contribution in [3.05, 3.63) is 22.7 Å². The van der Waals surface area contributed by atoms with Gasteiger partial charge in [0.15, 0.2) is 0 Å². The molecule has 116 valence electrons. The zero-order valence-corrected chi connectivity index (χ0v) is 13.2. The minimum absolute atomic E-state index is 0. The lowest BCUT2D eigenvalue weighted by Crippen LogP contribution is -2.25. The number of thiophene rings is 1. The van der Waals surface area contributed by atoms with Crippen LogP contribution < -0.4 is 11.1 Å². The van der Waals surface area contributed by atoms with Crippen LogP contribution in [0.5, 0.6) is 0 Å². The third-order valence-corrected chi connectivity index (χ3v) is 3.45. The van der Waals surface area contributed by atoms with Crippen molar-refractivity contribution in [2.24, 2.45) is 5.73 Å². The van der Waals surface area contributed by atoms with E-state index in [0.717, 1.165) is 18.4 Å². The van der Waals surface area contributed by atoms with E-state index in [4.69, 9.17) is 10.3 Å². The maximum Gasteiger partial charge on any atom is 0.227 e. The van der Waals surface area contributed by atoms with Crippen LogP contribution in [0, 0.1) is 0 Å². The highest BCUT2D eigenvalue weighted by atomic mass is 35.5. The van der Waals surface area contributed by atoms with Crippen LogP contribution in [0.2, 0.25) is 0 Å². The first-order valence-corrected chi connectivity index (χ1v) is 7.56. The zero-order valence-electron chi connectivity index (χ0n) is 11.6. The number of halogens is 1. The number of aromatic nitrogens is 2. The van der Waals surface area contributed by atoms with E-state index in [1.165, 1.54) is 0 Å². The lowest BCUT2D eigenvalue weighted by atomic mass is 10.2. The molecule has 0 aliphatic rings. The Morgan fingerprint density at radius 2 is 2.29 bits per heavy atom. The van der Waals surface area contributed by atoms with E-state index < -0.39 is 0 Å². The van der Waals surface area contributed by atoms with E-state index in [1.807, 2.05) is 16.8 Å². The average Bonchev–Trinajstić information content (AvgIpc) is 3.11. The predicted octanol–water partition coefficient (Wildman–Crippen LogP) is 2.01. The van der Waals surface area contributed by atoms with Gasteiger partial charge in [0.1, 0.15) is 0 Å². The summed E-state index contributed by atoms with van der Waals surface area (Å²) < 4.78 is 5.13. The van der Waals surface area contributed by atoms with Crippen molar-refractivity contribution in [3.8, 4) is 11.4 Å². The van der Waals surface area contributed by atoms with Gasteiger partial charge >= 0.3 is 0 Å². The molecule has 0 aromatic carbocycles. The molecule has 2 heterocycles. The van der Waals surface area contributed by atoms with Crippen LogP contribution in [0.15, 0.2) is 21.3 Å². The number of rotatable bonds is 8. The van der Waals surface area contributed by atoms with Gasteiger partial charge in [-0.25, -0.2) is 0 Å². The van der Waals surface area contributed by atoms with Crippen LogP contribution in [-0.2, 0) is 11.2 Å². The normalized spacial score (nSPS) is 10.1. The van der Waals surface area contributed by atoms with Crippen molar-refractivity contribution in [2.45, 2.75) is 25.7 Å². The molecule has 2 rings (SSSR count). The molecule has 3 N–H and O–H groups in total. The summed E-state index contributed by atoms with van der Waals surface area (Å²) in [7, 11) is 0. The maximum absolute atomic E-state index is 11.6. The van der Waals surface area contributed by atoms with Gasteiger partial charge in [0.2, 0.25) is 17.6 Å². The number of nitrogens with two attached hydrogens (primary N) is 1. The Balaban J connectivity index is 0.00000220. The molecule has 1 amide bonds. The average molecular weight is 331 g/mol. The first kappa shape index (κ1) is 17.6. The van der Waals surface area contributed by atoms with Crippen molar-refractivity contribution in [1.82, 2.24) is 15.5 Å². The first-order valence-electron chi connectivity index (χ1n) is 6.61. The van der Waals surface area contributed by atoms with Gasteiger partial charge in [-0.3, -0.25) is 4.79 Å². The van der Waals surface area contributed by atoms with Crippen molar-refractivity contribution in [3.63, 3.8) is 0 Å². The van der Waals surface area contributed by atoms with E-state index in [-0.39, 0.29) is 18.3 Å². The lowest BCUT2D eigenvalue weighted by Gasteiger charge is -2.02. The fourth-order valence-electron chi connectivity index (χ4n) is 1.67. The third-order valence-electron chi connectivity index (χ3n) is 2.77. The van der Waals surface area contributed by atoms with Gasteiger partial charge in [-0.15, -0.1) is 12.4 Å². The summed E-state index contributed by atoms with van der Waals surface area (Å²) in [4.78, 5) is 15.9. The molecule has 21 heavy (non-hydrogen) atoms. The fraction of sp³-hybridized carbons (Fsp3) is 0.462. The summed E-state index contributed by atoms with van der Waals surface area (Å²) >= 11 is 1.58. The van der Waals surface area contributed by atoms with E-state index in [1.54, 1.807) is 11.3 Å². The van der Waals surface area contributed by atoms with Crippen LogP contribution in [0.25, 0.3) is 11.4 Å². The Labute approximate surface area is 133 Å². The standard InChI is InChI=1S/C13H18N4O2S.ClH/c14-6-1-2-7-15-11(18)3-4-12-16-13(17-19-12)10-5-8-20-9-10;/h5,8-9H,1-4,6-7,14H2,(H,15,18);1H. The Morgan fingerprint density at radius 3 is 3.00 bits per heavy atom. The van der Waals surface area contributed by atoms with E-state index in [9.17, 15) is 4.79 Å². The summed E-state index contributed by atoms with van der Waals surface area (Å²) in [6.45, 7) is 1.32. The van der Waals surface area contributed by atoms with Crippen LogP contribution >= 0.6 is 23.7 Å². The molecule has 2 aromatic heterocycles. The number of carbonyl (C=O) groups excluding carboxylic acids is 1. The second kappa shape index (κ2) is 9.49. The Morgan fingerprint density at radius 1 is 1.43 bits per heavy atom. The number of aryl methyl sites for hydroxylation is 1. The topological polar surface area (TPSA) is 94.0 Å². The van der Waals surface area contributed by atoms with Crippen LogP contribution in [0.3, 0.4) is 0 Å². The largest absolute Gasteiger partial charge is 0.356 e. The summed E-state index contributed by atoms with van der Waals surface area (Å²) in [5, 5.41) is 10.7. The molecule has 0 aliphatic carbocycles. The molecule has 0 aliphatic heterocycles. The Kier molecular flexibility index (Phi) is 7.96. The number of nitrogens with one attached hydrogen (secondary N) is 1. The zero-order chi connectivity index (χ0) is 14.2. The lowest BCUT2D eigenvalue weighted by molar-refractivity contribution is -0.121. The van der Waals surface area contributed by atoms with Crippen molar-refractivity contribution >= 4 is 29.7 Å². The van der Waals surface area contributed by atoms with Crippen molar-refractivity contribution in [2.75, 3.05) is 13.1 Å². The number of hydrogen-bond acceptors (Lipinski definition) is 6. The molecule has 0 bridgehead atoms. The molecular formula is C13H19ClN4O2S. The first-order chi connectivity index (χ1) is 9.79.